The van der Waals surface area contributed by atoms with Crippen molar-refractivity contribution in [1.29, 1.82) is 0 Å². The smallest absolute Gasteiger partial charge is 0 e. The van der Waals surface area contributed by atoms with Crippen LogP contribution in [0.4, 0.5) is 22.7 Å². The topological polar surface area (TPSA) is 314 Å². The first-order chi connectivity index (χ1) is 20.2. The molecule has 8 N–H and O–H groups in total. The summed E-state index contributed by atoms with van der Waals surface area (Å²) in [5.74, 6) is -2.51. The van der Waals surface area contributed by atoms with Crippen LogP contribution in [0.2, 0.25) is 0 Å². The molecule has 0 aliphatic heterocycles. The van der Waals surface area contributed by atoms with E-state index in [9.17, 15) is 60.0 Å². The average Bonchev–Trinajstić information content (AvgIpc) is 2.89. The fourth-order valence-corrected chi connectivity index (χ4v) is 8.09. The van der Waals surface area contributed by atoms with E-state index >= 15 is 0 Å². The van der Waals surface area contributed by atoms with Gasteiger partial charge in [0.15, 0.2) is 0 Å². The van der Waals surface area contributed by atoms with E-state index < -0.39 is 112 Å². The Morgan fingerprint density at radius 1 is 0.578 bits per heavy atom. The van der Waals surface area contributed by atoms with Gasteiger partial charge in [0.2, 0.25) is 0 Å². The maximum atomic E-state index is 12.2. The molecule has 0 heterocycles. The molecule has 23 heteroatoms. The van der Waals surface area contributed by atoms with Gasteiger partial charge in [-0.15, -0.1) is 0 Å². The number of hydrogen-bond donors (Lipinski definition) is 8. The van der Waals surface area contributed by atoms with E-state index in [0.717, 1.165) is 24.3 Å². The van der Waals surface area contributed by atoms with Crippen LogP contribution in [-0.2, 0) is 27.7 Å². The van der Waals surface area contributed by atoms with Gasteiger partial charge in [0.1, 0.15) is 0 Å². The van der Waals surface area contributed by atoms with Crippen LogP contribution in [0.5, 0.6) is 11.5 Å². The van der Waals surface area contributed by atoms with Crippen LogP contribution in [0.25, 0.3) is 10.8 Å². The Balaban J connectivity index is 0.00000552. The summed E-state index contributed by atoms with van der Waals surface area (Å²) in [6.45, 7) is 0. The monoisotopic (exact) mass is 799 g/mol. The second kappa shape index (κ2) is 13.2. The Morgan fingerprint density at radius 2 is 0.911 bits per heavy atom. The molecule has 0 aliphatic rings. The van der Waals surface area contributed by atoms with Crippen molar-refractivity contribution in [3.63, 3.8) is 0 Å². The van der Waals surface area contributed by atoms with E-state index in [2.05, 4.69) is 20.5 Å². The summed E-state index contributed by atoms with van der Waals surface area (Å²) in [6, 6.07) is 10.4. The SMILES string of the molecule is O=S(=O)(O)c1cc2cc(S(=O)(=O)O)c(N=Nc3ccccc3[As](=O)(O)O)c(O)c2c(O)c1N=Nc1ccccc1[As](=O)(O)O.[Na]. The Bertz CT molecular complexity index is 2070. The number of fused-ring (bicyclic) bond motifs is 1. The van der Waals surface area contributed by atoms with Crippen LogP contribution >= 0.6 is 0 Å². The van der Waals surface area contributed by atoms with E-state index in [-0.39, 0.29) is 29.6 Å². The van der Waals surface area contributed by atoms with Gasteiger partial charge < -0.3 is 0 Å². The van der Waals surface area contributed by atoms with Crippen molar-refractivity contribution in [3.8, 4) is 11.5 Å². The number of nitrogens with zero attached hydrogens (tertiary/aromatic N) is 4. The minimum absolute atomic E-state index is 0. The maximum Gasteiger partial charge on any atom is 0 e. The number of hydrogen-bond acceptors (Lipinski definition) is 12. The molecule has 233 valence electrons. The minimum Gasteiger partial charge on any atom is 0 e. The van der Waals surface area contributed by atoms with Gasteiger partial charge in [-0.1, -0.05) is 0 Å². The van der Waals surface area contributed by atoms with E-state index in [1.165, 1.54) is 24.3 Å². The normalized spacial score (nSPS) is 13.0. The standard InChI is InChI=1S/C22H18As2N4O14S2.Na/c29-21-18-11(9-16(43(37,38)39)19(21)27-25-14-7-3-1-5-12(14)23(31,32)33)10-17(44(40,41)42)20(22(18)30)28-26-15-8-4-2-6-13(15)24(34,35)36;/h1-10,29-30H,(H2,31,32,33)(H2,34,35,36)(H,37,38,39)(H,40,41,42);. The summed E-state index contributed by atoms with van der Waals surface area (Å²) in [7, 11) is -10.6. The molecule has 0 atom stereocenters. The first-order valence-electron chi connectivity index (χ1n) is 11.4. The van der Waals surface area contributed by atoms with E-state index in [4.69, 9.17) is 0 Å². The second-order valence-corrected chi connectivity index (χ2v) is 18.0. The molecule has 4 aromatic carbocycles. The fraction of sp³-hybridized carbons (Fsp3) is 0. The predicted octanol–water partition coefficient (Wildman–Crippen LogP) is 0.316. The quantitative estimate of drug-likeness (QED) is 0.0676. The fourth-order valence-electron chi connectivity index (χ4n) is 3.85. The van der Waals surface area contributed by atoms with Crippen molar-refractivity contribution in [2.24, 2.45) is 20.5 Å². The molecule has 0 amide bonds. The predicted molar refractivity (Wildman–Crippen MR) is 155 cm³/mol. The molecule has 0 bridgehead atoms. The summed E-state index contributed by atoms with van der Waals surface area (Å²) in [5.41, 5.74) is -3.04. The largest absolute Gasteiger partial charge is 0 e. The van der Waals surface area contributed by atoms with E-state index in [1.807, 2.05) is 0 Å². The third-order valence-corrected chi connectivity index (χ3v) is 11.7. The van der Waals surface area contributed by atoms with Gasteiger partial charge >= 0.3 is 253 Å². The van der Waals surface area contributed by atoms with Gasteiger partial charge in [0.05, 0.1) is 0 Å². The van der Waals surface area contributed by atoms with E-state index in [1.54, 1.807) is 0 Å². The molecular formula is C22H18As2N4NaO14S2. The van der Waals surface area contributed by atoms with Gasteiger partial charge in [-0.05, 0) is 0 Å². The van der Waals surface area contributed by atoms with Crippen molar-refractivity contribution < 1.29 is 60.0 Å². The van der Waals surface area contributed by atoms with Crippen LogP contribution < -0.4 is 8.70 Å². The third-order valence-electron chi connectivity index (χ3n) is 5.71. The zero-order chi connectivity index (χ0) is 32.8. The van der Waals surface area contributed by atoms with Gasteiger partial charge in [-0.2, -0.15) is 0 Å². The number of phenolic OH excluding ortho intramolecular Hbond substituents is 2. The van der Waals surface area contributed by atoms with E-state index in [0.29, 0.717) is 12.1 Å². The van der Waals surface area contributed by atoms with Crippen molar-refractivity contribution in [1.82, 2.24) is 0 Å². The molecule has 1 radical (unpaired) electrons. The average molecular weight is 799 g/mol. The molecule has 18 nitrogen and oxygen atoms in total. The van der Waals surface area contributed by atoms with Gasteiger partial charge in [-0.3, -0.25) is 0 Å². The molecule has 0 aromatic heterocycles. The number of azo groups is 2. The van der Waals surface area contributed by atoms with Crippen LogP contribution in [0, 0.1) is 0 Å². The summed E-state index contributed by atoms with van der Waals surface area (Å²) >= 11 is -11.2. The Kier molecular flexibility index (Phi) is 10.8. The number of rotatable bonds is 8. The van der Waals surface area contributed by atoms with Gasteiger partial charge in [0.25, 0.3) is 0 Å². The Morgan fingerprint density at radius 3 is 1.22 bits per heavy atom. The minimum atomic E-state index is -5.61. The molecule has 0 fully saturated rings. The molecule has 0 spiro atoms. The van der Waals surface area contributed by atoms with Crippen LogP contribution in [-0.4, -0.2) is 110 Å². The molecular weight excluding hydrogens is 781 g/mol. The third kappa shape index (κ3) is 8.01. The number of benzene rings is 4. The molecule has 0 saturated carbocycles. The number of phenols is 2. The summed E-state index contributed by atoms with van der Waals surface area (Å²) in [4.78, 5) is -2.39. The molecule has 0 saturated heterocycles. The van der Waals surface area contributed by atoms with Crippen molar-refractivity contribution in [3.05, 3.63) is 60.7 Å². The summed E-state index contributed by atoms with van der Waals surface area (Å²) in [6.07, 6.45) is 0. The van der Waals surface area contributed by atoms with Gasteiger partial charge in [-0.25, -0.2) is 0 Å². The molecule has 45 heavy (non-hydrogen) atoms. The maximum absolute atomic E-state index is 12.2. The Hall–Kier alpha value is -2.68. The summed E-state index contributed by atoms with van der Waals surface area (Å²) < 4.78 is 129. The van der Waals surface area contributed by atoms with Crippen LogP contribution in [0.3, 0.4) is 0 Å². The molecule has 0 unspecified atom stereocenters. The molecule has 0 aliphatic carbocycles. The van der Waals surface area contributed by atoms with Crippen LogP contribution in [0.1, 0.15) is 0 Å². The zero-order valence-electron chi connectivity index (χ0n) is 22.3. The Labute approximate surface area is 280 Å². The molecule has 4 aromatic rings. The summed E-state index contributed by atoms with van der Waals surface area (Å²) in [5, 5.41) is 34.9. The van der Waals surface area contributed by atoms with Gasteiger partial charge in [0, 0.05) is 29.6 Å². The zero-order valence-corrected chi connectivity index (χ0v) is 29.7. The number of aromatic hydroxyl groups is 2. The van der Waals surface area contributed by atoms with Crippen molar-refractivity contribution >= 4 is 120 Å². The second-order valence-electron chi connectivity index (χ2n) is 8.66. The molecule has 4 rings (SSSR count). The first kappa shape index (κ1) is 36.8. The first-order valence-corrected chi connectivity index (χ1v) is 21.0. The van der Waals surface area contributed by atoms with Crippen molar-refractivity contribution in [2.45, 2.75) is 9.79 Å². The van der Waals surface area contributed by atoms with Crippen molar-refractivity contribution in [2.75, 3.05) is 0 Å². The van der Waals surface area contributed by atoms with Crippen LogP contribution in [0.15, 0.2) is 90.9 Å².